The van der Waals surface area contributed by atoms with Gasteiger partial charge in [-0.05, 0) is 80.9 Å². The number of halogens is 1. The predicted molar refractivity (Wildman–Crippen MR) is 154 cm³/mol. The predicted octanol–water partition coefficient (Wildman–Crippen LogP) is 5.68. The standard InChI is InChI=1S/C32H37NO5.ClH/c1-31(2,30(36)37)24-15-13-23(14-16-24)28(29(34)35)19-22-33-20-17-27(18-21-33)32(38,25-9-5-3-6-10-25)26-11-7-4-8-12-26;/h3-16,27-28,38H,17-22H2,1-2H3,(H,34,35)(H,36,37);1H. The van der Waals surface area contributed by atoms with Crippen molar-refractivity contribution in [2.75, 3.05) is 19.6 Å². The highest BCUT2D eigenvalue weighted by atomic mass is 35.5. The molecule has 3 aromatic carbocycles. The number of nitrogens with zero attached hydrogens (tertiary/aromatic N) is 1. The lowest BCUT2D eigenvalue weighted by molar-refractivity contribution is -0.142. The average molecular weight is 552 g/mol. The molecule has 0 aliphatic carbocycles. The van der Waals surface area contributed by atoms with E-state index in [1.54, 1.807) is 38.1 Å². The number of carbonyl (C=O) groups is 2. The molecule has 4 rings (SSSR count). The number of aliphatic hydroxyl groups is 1. The molecule has 1 heterocycles. The third-order valence-electron chi connectivity index (χ3n) is 8.21. The minimum absolute atomic E-state index is 0. The van der Waals surface area contributed by atoms with Crippen molar-refractivity contribution in [3.05, 3.63) is 107 Å². The van der Waals surface area contributed by atoms with E-state index in [1.165, 1.54) is 0 Å². The number of carboxylic acids is 2. The van der Waals surface area contributed by atoms with Crippen LogP contribution in [0.4, 0.5) is 0 Å². The van der Waals surface area contributed by atoms with Gasteiger partial charge in [0, 0.05) is 0 Å². The van der Waals surface area contributed by atoms with Crippen molar-refractivity contribution in [3.63, 3.8) is 0 Å². The third-order valence-corrected chi connectivity index (χ3v) is 8.21. The fourth-order valence-electron chi connectivity index (χ4n) is 5.60. The van der Waals surface area contributed by atoms with Crippen molar-refractivity contribution in [2.45, 2.75) is 50.0 Å². The van der Waals surface area contributed by atoms with Crippen LogP contribution < -0.4 is 0 Å². The Morgan fingerprint density at radius 2 is 1.31 bits per heavy atom. The van der Waals surface area contributed by atoms with Gasteiger partial charge in [-0.3, -0.25) is 9.59 Å². The minimum Gasteiger partial charge on any atom is -0.481 e. The summed E-state index contributed by atoms with van der Waals surface area (Å²) in [5, 5.41) is 31.5. The van der Waals surface area contributed by atoms with Crippen LogP contribution >= 0.6 is 12.4 Å². The van der Waals surface area contributed by atoms with Crippen LogP contribution in [0.15, 0.2) is 84.9 Å². The van der Waals surface area contributed by atoms with Gasteiger partial charge in [0.05, 0.1) is 11.3 Å². The van der Waals surface area contributed by atoms with Gasteiger partial charge < -0.3 is 20.2 Å². The highest BCUT2D eigenvalue weighted by Crippen LogP contribution is 2.42. The van der Waals surface area contributed by atoms with Gasteiger partial charge in [-0.25, -0.2) is 0 Å². The average Bonchev–Trinajstić information content (AvgIpc) is 2.94. The zero-order chi connectivity index (χ0) is 27.3. The van der Waals surface area contributed by atoms with E-state index in [1.807, 2.05) is 60.7 Å². The van der Waals surface area contributed by atoms with Crippen LogP contribution in [0, 0.1) is 5.92 Å². The highest BCUT2D eigenvalue weighted by molar-refractivity contribution is 5.85. The summed E-state index contributed by atoms with van der Waals surface area (Å²) in [4.78, 5) is 26.0. The molecule has 39 heavy (non-hydrogen) atoms. The Balaban J connectivity index is 0.00000420. The first kappa shape index (κ1) is 30.4. The zero-order valence-electron chi connectivity index (χ0n) is 22.5. The number of hydrogen-bond donors (Lipinski definition) is 3. The lowest BCUT2D eigenvalue weighted by Crippen LogP contribution is -2.44. The van der Waals surface area contributed by atoms with Crippen molar-refractivity contribution >= 4 is 24.3 Å². The van der Waals surface area contributed by atoms with Crippen LogP contribution in [0.3, 0.4) is 0 Å². The molecule has 0 bridgehead atoms. The molecule has 7 heteroatoms. The molecule has 0 saturated carbocycles. The van der Waals surface area contributed by atoms with Crippen molar-refractivity contribution < 1.29 is 24.9 Å². The Kier molecular flexibility index (Phi) is 9.94. The molecular weight excluding hydrogens is 514 g/mol. The second-order valence-corrected chi connectivity index (χ2v) is 10.8. The second-order valence-electron chi connectivity index (χ2n) is 10.8. The number of rotatable bonds is 10. The van der Waals surface area contributed by atoms with Gasteiger partial charge in [0.1, 0.15) is 5.60 Å². The van der Waals surface area contributed by atoms with Crippen LogP contribution in [0.1, 0.15) is 61.3 Å². The zero-order valence-corrected chi connectivity index (χ0v) is 23.3. The lowest BCUT2D eigenvalue weighted by Gasteiger charge is -2.42. The summed E-state index contributed by atoms with van der Waals surface area (Å²) < 4.78 is 0. The van der Waals surface area contributed by atoms with Crippen molar-refractivity contribution in [2.24, 2.45) is 5.92 Å². The fourth-order valence-corrected chi connectivity index (χ4v) is 5.60. The van der Waals surface area contributed by atoms with Gasteiger partial charge in [-0.1, -0.05) is 84.9 Å². The van der Waals surface area contributed by atoms with E-state index in [0.29, 0.717) is 24.1 Å². The molecule has 6 nitrogen and oxygen atoms in total. The van der Waals surface area contributed by atoms with Crippen molar-refractivity contribution in [1.29, 1.82) is 0 Å². The number of hydrogen-bond acceptors (Lipinski definition) is 4. The quantitative estimate of drug-likeness (QED) is 0.300. The summed E-state index contributed by atoms with van der Waals surface area (Å²) in [6.45, 7) is 5.48. The summed E-state index contributed by atoms with van der Waals surface area (Å²) >= 11 is 0. The van der Waals surface area contributed by atoms with E-state index < -0.39 is 28.9 Å². The monoisotopic (exact) mass is 551 g/mol. The topological polar surface area (TPSA) is 98.1 Å². The first-order valence-corrected chi connectivity index (χ1v) is 13.3. The summed E-state index contributed by atoms with van der Waals surface area (Å²) in [5.74, 6) is -2.42. The van der Waals surface area contributed by atoms with Gasteiger partial charge in [0.15, 0.2) is 0 Å². The van der Waals surface area contributed by atoms with E-state index in [-0.39, 0.29) is 18.3 Å². The molecule has 1 atom stereocenters. The second kappa shape index (κ2) is 12.8. The minimum atomic E-state index is -1.08. The van der Waals surface area contributed by atoms with E-state index in [4.69, 9.17) is 0 Å². The smallest absolute Gasteiger partial charge is 0.313 e. The van der Waals surface area contributed by atoms with Crippen LogP contribution in [0.5, 0.6) is 0 Å². The van der Waals surface area contributed by atoms with Gasteiger partial charge in [-0.2, -0.15) is 0 Å². The van der Waals surface area contributed by atoms with Crippen LogP contribution in [0.25, 0.3) is 0 Å². The Bertz CT molecular complexity index is 1180. The Morgan fingerprint density at radius 1 is 0.821 bits per heavy atom. The highest BCUT2D eigenvalue weighted by Gasteiger charge is 2.41. The molecule has 3 N–H and O–H groups in total. The maximum atomic E-state index is 12.1. The maximum absolute atomic E-state index is 12.1. The molecule has 208 valence electrons. The summed E-state index contributed by atoms with van der Waals surface area (Å²) in [6, 6.07) is 26.6. The molecule has 0 radical (unpaired) electrons. The summed E-state index contributed by atoms with van der Waals surface area (Å²) in [7, 11) is 0. The Hall–Kier alpha value is -3.19. The van der Waals surface area contributed by atoms with Crippen LogP contribution in [0.2, 0.25) is 0 Å². The molecule has 0 spiro atoms. The molecule has 1 aliphatic heterocycles. The maximum Gasteiger partial charge on any atom is 0.313 e. The first-order valence-electron chi connectivity index (χ1n) is 13.3. The third kappa shape index (κ3) is 6.52. The van der Waals surface area contributed by atoms with Gasteiger partial charge >= 0.3 is 11.9 Å². The molecule has 0 amide bonds. The number of aliphatic carboxylic acids is 2. The number of benzene rings is 3. The molecule has 3 aromatic rings. The molecule has 1 unspecified atom stereocenters. The van der Waals surface area contributed by atoms with Crippen LogP contribution in [-0.2, 0) is 20.6 Å². The number of carboxylic acid groups (broad SMARTS) is 2. The summed E-state index contributed by atoms with van der Waals surface area (Å²) in [5.41, 5.74) is 0.992. The SMILES string of the molecule is CC(C)(C(=O)O)c1ccc(C(CCN2CCC(C(O)(c3ccccc3)c3ccccc3)CC2)C(=O)O)cc1.Cl. The largest absolute Gasteiger partial charge is 0.481 e. The van der Waals surface area contributed by atoms with E-state index >= 15 is 0 Å². The van der Waals surface area contributed by atoms with Gasteiger partial charge in [0.25, 0.3) is 0 Å². The van der Waals surface area contributed by atoms with Crippen molar-refractivity contribution in [3.8, 4) is 0 Å². The van der Waals surface area contributed by atoms with E-state index in [2.05, 4.69) is 4.90 Å². The van der Waals surface area contributed by atoms with Gasteiger partial charge in [0.2, 0.25) is 0 Å². The number of likely N-dealkylation sites (tertiary alicyclic amines) is 1. The molecular formula is C32H38ClNO5. The number of piperidine rings is 1. The fraction of sp³-hybridized carbons (Fsp3) is 0.375. The molecule has 0 aromatic heterocycles. The van der Waals surface area contributed by atoms with Crippen LogP contribution in [-0.4, -0.2) is 51.8 Å². The normalized spacial score (nSPS) is 15.8. The molecule has 1 aliphatic rings. The lowest BCUT2D eigenvalue weighted by atomic mass is 9.72. The van der Waals surface area contributed by atoms with E-state index in [0.717, 1.165) is 37.1 Å². The first-order chi connectivity index (χ1) is 18.1. The van der Waals surface area contributed by atoms with E-state index in [9.17, 15) is 24.9 Å². The Labute approximate surface area is 236 Å². The van der Waals surface area contributed by atoms with Gasteiger partial charge in [-0.15, -0.1) is 12.4 Å². The Morgan fingerprint density at radius 3 is 1.74 bits per heavy atom. The molecule has 1 saturated heterocycles. The van der Waals surface area contributed by atoms with Crippen molar-refractivity contribution in [1.82, 2.24) is 4.90 Å². The summed E-state index contributed by atoms with van der Waals surface area (Å²) in [6.07, 6.45) is 2.07. The molecule has 1 fully saturated rings.